The molecule has 0 unspecified atom stereocenters. The molecule has 0 aliphatic heterocycles. The summed E-state index contributed by atoms with van der Waals surface area (Å²) < 4.78 is 15.6. The predicted octanol–water partition coefficient (Wildman–Crippen LogP) is 3.80. The first-order valence-electron chi connectivity index (χ1n) is 9.26. The lowest BCUT2D eigenvalue weighted by Crippen LogP contribution is -2.30. The molecule has 0 heterocycles. The van der Waals surface area contributed by atoms with Crippen LogP contribution in [0, 0.1) is 24.0 Å². The SMILES string of the molecule is CCOc1cc(C(=O)O[C@H](C)C(=O)Nc2ccc(C)cc2C)c([N+](=O)[O-])cc1OC. The van der Waals surface area contributed by atoms with Crippen molar-refractivity contribution in [2.75, 3.05) is 19.0 Å². The Hall–Kier alpha value is -3.62. The van der Waals surface area contributed by atoms with Crippen LogP contribution in [-0.2, 0) is 9.53 Å². The fraction of sp³-hybridized carbons (Fsp3) is 0.333. The van der Waals surface area contributed by atoms with Crippen molar-refractivity contribution in [3.8, 4) is 11.5 Å². The van der Waals surface area contributed by atoms with Crippen molar-refractivity contribution in [3.63, 3.8) is 0 Å². The monoisotopic (exact) mass is 416 g/mol. The largest absolute Gasteiger partial charge is 0.493 e. The molecule has 1 atom stereocenters. The minimum atomic E-state index is -1.18. The van der Waals surface area contributed by atoms with Crippen molar-refractivity contribution in [2.45, 2.75) is 33.8 Å². The molecule has 0 aliphatic carbocycles. The standard InChI is InChI=1S/C21H24N2O7/c1-6-29-19-10-15(17(23(26)27)11-18(19)28-5)21(25)30-14(4)20(24)22-16-8-7-12(2)9-13(16)3/h7-11,14H,6H2,1-5H3,(H,22,24)/t14-/m1/s1. The Balaban J connectivity index is 2.23. The molecule has 1 amide bonds. The molecule has 9 heteroatoms. The minimum Gasteiger partial charge on any atom is -0.493 e. The third-order valence-corrected chi connectivity index (χ3v) is 4.29. The van der Waals surface area contributed by atoms with Crippen LogP contribution in [0.25, 0.3) is 0 Å². The molecule has 160 valence electrons. The molecule has 30 heavy (non-hydrogen) atoms. The van der Waals surface area contributed by atoms with Crippen molar-refractivity contribution in [1.29, 1.82) is 0 Å². The second kappa shape index (κ2) is 9.73. The van der Waals surface area contributed by atoms with Crippen molar-refractivity contribution >= 4 is 23.3 Å². The van der Waals surface area contributed by atoms with Gasteiger partial charge in [0.1, 0.15) is 5.56 Å². The van der Waals surface area contributed by atoms with Gasteiger partial charge in [-0.25, -0.2) is 4.79 Å². The first-order chi connectivity index (χ1) is 14.2. The number of nitrogens with one attached hydrogen (secondary N) is 1. The van der Waals surface area contributed by atoms with Crippen LogP contribution in [0.4, 0.5) is 11.4 Å². The van der Waals surface area contributed by atoms with Crippen molar-refractivity contribution < 1.29 is 28.7 Å². The molecule has 0 saturated carbocycles. The van der Waals surface area contributed by atoms with Crippen LogP contribution in [0.15, 0.2) is 30.3 Å². The summed E-state index contributed by atoms with van der Waals surface area (Å²) in [6.45, 7) is 7.14. The fourth-order valence-electron chi connectivity index (χ4n) is 2.76. The lowest BCUT2D eigenvalue weighted by atomic mass is 10.1. The number of nitro groups is 1. The number of anilines is 1. The third-order valence-electron chi connectivity index (χ3n) is 4.29. The number of nitrogens with zero attached hydrogens (tertiary/aromatic N) is 1. The molecule has 0 saturated heterocycles. The average molecular weight is 416 g/mol. The number of hydrogen-bond donors (Lipinski definition) is 1. The van der Waals surface area contributed by atoms with Crippen LogP contribution in [0.1, 0.15) is 35.3 Å². The molecule has 2 aromatic carbocycles. The highest BCUT2D eigenvalue weighted by Gasteiger charge is 2.28. The van der Waals surface area contributed by atoms with E-state index in [9.17, 15) is 19.7 Å². The Kier molecular flexibility index (Phi) is 7.35. The van der Waals surface area contributed by atoms with Gasteiger partial charge in [0.2, 0.25) is 0 Å². The molecule has 9 nitrogen and oxygen atoms in total. The highest BCUT2D eigenvalue weighted by Crippen LogP contribution is 2.35. The number of hydrogen-bond acceptors (Lipinski definition) is 7. The number of methoxy groups -OCH3 is 1. The van der Waals surface area contributed by atoms with Gasteiger partial charge < -0.3 is 19.5 Å². The summed E-state index contributed by atoms with van der Waals surface area (Å²) >= 11 is 0. The van der Waals surface area contributed by atoms with Gasteiger partial charge in [-0.15, -0.1) is 0 Å². The number of rotatable bonds is 8. The van der Waals surface area contributed by atoms with Gasteiger partial charge in [0.15, 0.2) is 17.6 Å². The molecule has 0 aromatic heterocycles. The van der Waals surface area contributed by atoms with Crippen molar-refractivity contribution in [3.05, 3.63) is 57.1 Å². The van der Waals surface area contributed by atoms with Crippen LogP contribution in [-0.4, -0.2) is 36.6 Å². The Morgan fingerprint density at radius 2 is 1.87 bits per heavy atom. The van der Waals surface area contributed by atoms with Gasteiger partial charge >= 0.3 is 5.97 Å². The Labute approximate surface area is 174 Å². The van der Waals surface area contributed by atoms with Crippen LogP contribution in [0.5, 0.6) is 11.5 Å². The maximum Gasteiger partial charge on any atom is 0.346 e. The predicted molar refractivity (Wildman–Crippen MR) is 110 cm³/mol. The van der Waals surface area contributed by atoms with Gasteiger partial charge in [-0.1, -0.05) is 17.7 Å². The quantitative estimate of drug-likeness (QED) is 0.395. The Morgan fingerprint density at radius 3 is 2.43 bits per heavy atom. The van der Waals surface area contributed by atoms with E-state index in [2.05, 4.69) is 5.32 Å². The topological polar surface area (TPSA) is 117 Å². The number of ether oxygens (including phenoxy) is 3. The van der Waals surface area contributed by atoms with E-state index in [0.29, 0.717) is 5.69 Å². The van der Waals surface area contributed by atoms with Crippen LogP contribution in [0.3, 0.4) is 0 Å². The van der Waals surface area contributed by atoms with Gasteiger partial charge in [-0.05, 0) is 39.3 Å². The summed E-state index contributed by atoms with van der Waals surface area (Å²) in [6.07, 6.45) is -1.18. The highest BCUT2D eigenvalue weighted by molar-refractivity contribution is 5.99. The van der Waals surface area contributed by atoms with E-state index in [1.165, 1.54) is 20.1 Å². The summed E-state index contributed by atoms with van der Waals surface area (Å²) in [5.41, 5.74) is 1.64. The lowest BCUT2D eigenvalue weighted by molar-refractivity contribution is -0.385. The number of carbonyl (C=O) groups excluding carboxylic acids is 2. The lowest BCUT2D eigenvalue weighted by Gasteiger charge is -2.16. The third kappa shape index (κ3) is 5.25. The first kappa shape index (κ1) is 22.7. The zero-order valence-electron chi connectivity index (χ0n) is 17.5. The maximum atomic E-state index is 12.6. The van der Waals surface area contributed by atoms with Gasteiger partial charge in [-0.3, -0.25) is 14.9 Å². The highest BCUT2D eigenvalue weighted by atomic mass is 16.6. The Morgan fingerprint density at radius 1 is 1.17 bits per heavy atom. The molecule has 2 rings (SSSR count). The van der Waals surface area contributed by atoms with Crippen LogP contribution in [0.2, 0.25) is 0 Å². The molecular weight excluding hydrogens is 392 g/mol. The van der Waals surface area contributed by atoms with E-state index in [4.69, 9.17) is 14.2 Å². The molecule has 1 N–H and O–H groups in total. The second-order valence-corrected chi connectivity index (χ2v) is 6.57. The molecule has 0 bridgehead atoms. The van der Waals surface area contributed by atoms with E-state index in [1.54, 1.807) is 13.0 Å². The molecule has 2 aromatic rings. The number of amides is 1. The van der Waals surface area contributed by atoms with E-state index in [-0.39, 0.29) is 23.7 Å². The van der Waals surface area contributed by atoms with Crippen molar-refractivity contribution in [2.24, 2.45) is 0 Å². The minimum absolute atomic E-state index is 0.112. The second-order valence-electron chi connectivity index (χ2n) is 6.57. The van der Waals surface area contributed by atoms with Crippen LogP contribution >= 0.6 is 0 Å². The summed E-state index contributed by atoms with van der Waals surface area (Å²) in [5, 5.41) is 14.1. The molecule has 0 spiro atoms. The summed E-state index contributed by atoms with van der Waals surface area (Å²) in [4.78, 5) is 35.7. The molecule has 0 fully saturated rings. The van der Waals surface area contributed by atoms with E-state index in [0.717, 1.165) is 17.2 Å². The molecular formula is C21H24N2O7. The Bertz CT molecular complexity index is 972. The van der Waals surface area contributed by atoms with E-state index >= 15 is 0 Å². The zero-order chi connectivity index (χ0) is 22.4. The number of carbonyl (C=O) groups is 2. The number of esters is 1. The van der Waals surface area contributed by atoms with Gasteiger partial charge in [-0.2, -0.15) is 0 Å². The van der Waals surface area contributed by atoms with Gasteiger partial charge in [0, 0.05) is 11.8 Å². The summed E-state index contributed by atoms with van der Waals surface area (Å²) in [7, 11) is 1.33. The van der Waals surface area contributed by atoms with E-state index in [1.807, 2.05) is 26.0 Å². The summed E-state index contributed by atoms with van der Waals surface area (Å²) in [6, 6.07) is 7.76. The number of benzene rings is 2. The van der Waals surface area contributed by atoms with E-state index < -0.39 is 28.6 Å². The van der Waals surface area contributed by atoms with Crippen molar-refractivity contribution in [1.82, 2.24) is 0 Å². The smallest absolute Gasteiger partial charge is 0.346 e. The molecule has 0 radical (unpaired) electrons. The number of nitro benzene ring substituents is 1. The van der Waals surface area contributed by atoms with Gasteiger partial charge in [0.05, 0.1) is 24.7 Å². The normalized spacial score (nSPS) is 11.4. The van der Waals surface area contributed by atoms with Gasteiger partial charge in [0.25, 0.3) is 11.6 Å². The zero-order valence-corrected chi connectivity index (χ0v) is 17.5. The molecule has 0 aliphatic rings. The fourth-order valence-corrected chi connectivity index (χ4v) is 2.76. The first-order valence-corrected chi connectivity index (χ1v) is 9.26. The maximum absolute atomic E-state index is 12.6. The number of aryl methyl sites for hydroxylation is 2. The van der Waals surface area contributed by atoms with Crippen LogP contribution < -0.4 is 14.8 Å². The average Bonchev–Trinajstić information content (AvgIpc) is 2.69. The summed E-state index contributed by atoms with van der Waals surface area (Å²) in [5.74, 6) is -1.31.